The van der Waals surface area contributed by atoms with Gasteiger partial charge < -0.3 is 9.64 Å². The molecule has 7 heteroatoms. The third kappa shape index (κ3) is 4.36. The van der Waals surface area contributed by atoms with Gasteiger partial charge in [-0.2, -0.15) is 0 Å². The number of urea groups is 1. The maximum atomic E-state index is 13.2. The number of methoxy groups -OCH3 is 1. The van der Waals surface area contributed by atoms with E-state index in [9.17, 15) is 9.59 Å². The molecule has 0 bridgehead atoms. The molecule has 0 N–H and O–H groups in total. The Bertz CT molecular complexity index is 953. The number of piperidine rings is 1. The molecule has 0 unspecified atom stereocenters. The molecule has 6 nitrogen and oxygen atoms in total. The van der Waals surface area contributed by atoms with Crippen LogP contribution in [0.2, 0.25) is 0 Å². The van der Waals surface area contributed by atoms with Crippen molar-refractivity contribution in [2.75, 3.05) is 40.0 Å². The van der Waals surface area contributed by atoms with Crippen LogP contribution in [0.1, 0.15) is 24.0 Å². The van der Waals surface area contributed by atoms with Gasteiger partial charge in [-0.1, -0.05) is 24.3 Å². The summed E-state index contributed by atoms with van der Waals surface area (Å²) in [5, 5.41) is 0. The number of amides is 3. The summed E-state index contributed by atoms with van der Waals surface area (Å²) in [4.78, 5) is 32.9. The molecule has 3 amide bonds. The number of hydrogen-bond donors (Lipinski definition) is 0. The number of carbonyl (C=O) groups is 2. The van der Waals surface area contributed by atoms with Gasteiger partial charge in [-0.25, -0.2) is 4.79 Å². The van der Waals surface area contributed by atoms with Crippen molar-refractivity contribution >= 4 is 23.7 Å². The first kappa shape index (κ1) is 22.7. The Morgan fingerprint density at radius 1 is 0.969 bits per heavy atom. The molecule has 2 aliphatic rings. The van der Waals surface area contributed by atoms with Gasteiger partial charge in [-0.05, 0) is 60.9 Å². The van der Waals surface area contributed by atoms with Crippen LogP contribution in [0.4, 0.5) is 4.79 Å². The second-order valence-electron chi connectivity index (χ2n) is 8.55. The summed E-state index contributed by atoms with van der Waals surface area (Å²) in [6.45, 7) is 3.01. The fraction of sp³-hybridized carbons (Fsp3) is 0.440. The molecular formula is C25H31N3O3S. The normalized spacial score (nSPS) is 18.6. The number of ether oxygens (including phenoxy) is 1. The van der Waals surface area contributed by atoms with E-state index in [-0.39, 0.29) is 11.9 Å². The smallest absolute Gasteiger partial charge is 0.327 e. The summed E-state index contributed by atoms with van der Waals surface area (Å²) in [5.41, 5.74) is 1.69. The standard InChI is InChI=1S/C25H31N3O3S/c1-26-23(29)25(28(24(26)30)15-12-19-4-8-21(31-2)9-5-19)13-16-27(17-14-25)18-20-6-10-22(32-3)11-7-20/h4-11H,12-18H2,1-3H3. The lowest BCUT2D eigenvalue weighted by molar-refractivity contribution is -0.134. The Labute approximate surface area is 194 Å². The summed E-state index contributed by atoms with van der Waals surface area (Å²) < 4.78 is 5.22. The van der Waals surface area contributed by atoms with Crippen LogP contribution in [0, 0.1) is 0 Å². The van der Waals surface area contributed by atoms with E-state index in [1.54, 1.807) is 25.9 Å². The number of rotatable bonds is 7. The van der Waals surface area contributed by atoms with Crippen molar-refractivity contribution in [3.63, 3.8) is 0 Å². The van der Waals surface area contributed by atoms with Crippen molar-refractivity contribution in [1.29, 1.82) is 0 Å². The van der Waals surface area contributed by atoms with Gasteiger partial charge in [-0.15, -0.1) is 11.8 Å². The fourth-order valence-electron chi connectivity index (χ4n) is 4.78. The molecule has 2 aromatic rings. The van der Waals surface area contributed by atoms with E-state index < -0.39 is 5.54 Å². The largest absolute Gasteiger partial charge is 0.497 e. The molecule has 2 fully saturated rings. The Kier molecular flexibility index (Phi) is 6.76. The van der Waals surface area contributed by atoms with Crippen LogP contribution < -0.4 is 4.74 Å². The van der Waals surface area contributed by atoms with Gasteiger partial charge in [-0.3, -0.25) is 14.6 Å². The Hall–Kier alpha value is -2.51. The predicted octanol–water partition coefficient (Wildman–Crippen LogP) is 3.89. The Balaban J connectivity index is 1.42. The topological polar surface area (TPSA) is 53.1 Å². The molecule has 2 aliphatic heterocycles. The quantitative estimate of drug-likeness (QED) is 0.470. The van der Waals surface area contributed by atoms with Crippen LogP contribution in [-0.2, 0) is 17.8 Å². The monoisotopic (exact) mass is 453 g/mol. The second-order valence-corrected chi connectivity index (χ2v) is 9.43. The summed E-state index contributed by atoms with van der Waals surface area (Å²) in [6, 6.07) is 16.4. The third-order valence-corrected chi connectivity index (χ3v) is 7.51. The van der Waals surface area contributed by atoms with E-state index in [2.05, 4.69) is 35.4 Å². The van der Waals surface area contributed by atoms with Crippen molar-refractivity contribution < 1.29 is 14.3 Å². The lowest BCUT2D eigenvalue weighted by Crippen LogP contribution is -2.56. The van der Waals surface area contributed by atoms with Crippen LogP contribution in [0.15, 0.2) is 53.4 Å². The number of carbonyl (C=O) groups excluding carboxylic acids is 2. The molecule has 0 aromatic heterocycles. The minimum atomic E-state index is -0.711. The van der Waals surface area contributed by atoms with Gasteiger partial charge in [0.2, 0.25) is 0 Å². The predicted molar refractivity (Wildman–Crippen MR) is 127 cm³/mol. The molecule has 1 spiro atoms. The molecule has 4 rings (SSSR count). The first-order chi connectivity index (χ1) is 15.5. The van der Waals surface area contributed by atoms with E-state index in [1.807, 2.05) is 29.2 Å². The van der Waals surface area contributed by atoms with E-state index in [0.717, 1.165) is 30.9 Å². The van der Waals surface area contributed by atoms with Crippen LogP contribution in [0.5, 0.6) is 5.75 Å². The molecule has 0 atom stereocenters. The first-order valence-corrected chi connectivity index (χ1v) is 12.3. The number of likely N-dealkylation sites (tertiary alicyclic amines) is 1. The number of imide groups is 1. The van der Waals surface area contributed by atoms with Crippen molar-refractivity contribution in [3.05, 3.63) is 59.7 Å². The highest BCUT2D eigenvalue weighted by Gasteiger charge is 2.56. The zero-order valence-electron chi connectivity index (χ0n) is 19.0. The van der Waals surface area contributed by atoms with Crippen LogP contribution in [0.25, 0.3) is 0 Å². The minimum Gasteiger partial charge on any atom is -0.497 e. The lowest BCUT2D eigenvalue weighted by atomic mass is 9.85. The SMILES string of the molecule is COc1ccc(CCN2C(=O)N(C)C(=O)C23CCN(Cc2ccc(SC)cc2)CC3)cc1. The van der Waals surface area contributed by atoms with Gasteiger partial charge >= 0.3 is 6.03 Å². The second kappa shape index (κ2) is 9.55. The molecule has 2 aromatic carbocycles. The summed E-state index contributed by atoms with van der Waals surface area (Å²) >= 11 is 1.74. The molecule has 0 radical (unpaired) electrons. The first-order valence-electron chi connectivity index (χ1n) is 11.0. The summed E-state index contributed by atoms with van der Waals surface area (Å²) in [5.74, 6) is 0.758. The average Bonchev–Trinajstić information content (AvgIpc) is 3.00. The van der Waals surface area contributed by atoms with E-state index in [0.29, 0.717) is 25.8 Å². The molecular weight excluding hydrogens is 422 g/mol. The Morgan fingerprint density at radius 3 is 2.19 bits per heavy atom. The summed E-state index contributed by atoms with van der Waals surface area (Å²) in [7, 11) is 3.26. The van der Waals surface area contributed by atoms with Gasteiger partial charge in [0.25, 0.3) is 5.91 Å². The summed E-state index contributed by atoms with van der Waals surface area (Å²) in [6.07, 6.45) is 4.14. The minimum absolute atomic E-state index is 0.0544. The maximum absolute atomic E-state index is 13.2. The Morgan fingerprint density at radius 2 is 1.59 bits per heavy atom. The molecule has 0 saturated carbocycles. The number of nitrogens with zero attached hydrogens (tertiary/aromatic N) is 3. The maximum Gasteiger partial charge on any atom is 0.327 e. The highest BCUT2D eigenvalue weighted by atomic mass is 32.2. The number of thioether (sulfide) groups is 1. The molecule has 2 heterocycles. The van der Waals surface area contributed by atoms with Crippen LogP contribution >= 0.6 is 11.8 Å². The van der Waals surface area contributed by atoms with Crippen molar-refractivity contribution in [3.8, 4) is 5.75 Å². The van der Waals surface area contributed by atoms with Crippen LogP contribution in [-0.4, -0.2) is 72.2 Å². The zero-order chi connectivity index (χ0) is 22.7. The van der Waals surface area contributed by atoms with Gasteiger partial charge in [0, 0.05) is 38.1 Å². The molecule has 32 heavy (non-hydrogen) atoms. The van der Waals surface area contributed by atoms with Crippen molar-refractivity contribution in [1.82, 2.24) is 14.7 Å². The highest BCUT2D eigenvalue weighted by Crippen LogP contribution is 2.37. The van der Waals surface area contributed by atoms with E-state index in [1.165, 1.54) is 15.4 Å². The number of benzene rings is 2. The lowest BCUT2D eigenvalue weighted by Gasteiger charge is -2.42. The van der Waals surface area contributed by atoms with Gasteiger partial charge in [0.05, 0.1) is 7.11 Å². The fourth-order valence-corrected chi connectivity index (χ4v) is 5.18. The zero-order valence-corrected chi connectivity index (χ0v) is 19.9. The number of likely N-dealkylation sites (N-methyl/N-ethyl adjacent to an activating group) is 1. The van der Waals surface area contributed by atoms with Crippen molar-refractivity contribution in [2.45, 2.75) is 36.2 Å². The van der Waals surface area contributed by atoms with Crippen LogP contribution in [0.3, 0.4) is 0 Å². The number of hydrogen-bond acceptors (Lipinski definition) is 5. The van der Waals surface area contributed by atoms with Crippen molar-refractivity contribution in [2.24, 2.45) is 0 Å². The third-order valence-electron chi connectivity index (χ3n) is 6.77. The molecule has 0 aliphatic carbocycles. The average molecular weight is 454 g/mol. The van der Waals surface area contributed by atoms with Gasteiger partial charge in [0.15, 0.2) is 0 Å². The van der Waals surface area contributed by atoms with E-state index >= 15 is 0 Å². The molecule has 170 valence electrons. The highest BCUT2D eigenvalue weighted by molar-refractivity contribution is 7.98. The molecule has 2 saturated heterocycles. The van der Waals surface area contributed by atoms with Gasteiger partial charge in [0.1, 0.15) is 11.3 Å². The van der Waals surface area contributed by atoms with E-state index in [4.69, 9.17) is 4.74 Å².